The van der Waals surface area contributed by atoms with E-state index in [-0.39, 0.29) is 16.8 Å². The Balaban J connectivity index is 1.76. The number of Topliss-reactive ketones (excluding diaryl/α,β-unsaturated/α-hetero) is 1. The summed E-state index contributed by atoms with van der Waals surface area (Å²) < 4.78 is 18.3. The number of hydrogen-bond donors (Lipinski definition) is 2. The van der Waals surface area contributed by atoms with Gasteiger partial charge in [0, 0.05) is 5.56 Å². The van der Waals surface area contributed by atoms with Crippen LogP contribution in [0.5, 0.6) is 5.75 Å². The summed E-state index contributed by atoms with van der Waals surface area (Å²) in [6, 6.07) is 10.6. The first kappa shape index (κ1) is 16.9. The van der Waals surface area contributed by atoms with Gasteiger partial charge in [-0.3, -0.25) is 14.4 Å². The van der Waals surface area contributed by atoms with Crippen molar-refractivity contribution < 1.29 is 23.5 Å². The Kier molecular flexibility index (Phi) is 3.97. The SMILES string of the molecule is COc1ccccc1N1C(=O)C2=C(C(=O)c3ccc(F)cc3)NN[C@@H]2C1=O. The van der Waals surface area contributed by atoms with E-state index in [9.17, 15) is 18.8 Å². The van der Waals surface area contributed by atoms with Crippen LogP contribution < -0.4 is 20.5 Å². The maximum Gasteiger partial charge on any atom is 0.265 e. The van der Waals surface area contributed by atoms with Crippen molar-refractivity contribution in [3.63, 3.8) is 0 Å². The topological polar surface area (TPSA) is 87.7 Å². The molecular formula is C19H14FN3O4. The van der Waals surface area contributed by atoms with E-state index in [1.165, 1.54) is 19.2 Å². The van der Waals surface area contributed by atoms with Gasteiger partial charge in [-0.2, -0.15) is 0 Å². The molecule has 136 valence electrons. The molecule has 0 spiro atoms. The van der Waals surface area contributed by atoms with E-state index in [4.69, 9.17) is 4.74 Å². The van der Waals surface area contributed by atoms with Gasteiger partial charge < -0.3 is 10.2 Å². The second-order valence-corrected chi connectivity index (χ2v) is 5.98. The third-order valence-corrected chi connectivity index (χ3v) is 4.46. The number of imide groups is 1. The summed E-state index contributed by atoms with van der Waals surface area (Å²) in [6.07, 6.45) is 0. The first-order chi connectivity index (χ1) is 13.0. The fourth-order valence-corrected chi connectivity index (χ4v) is 3.16. The lowest BCUT2D eigenvalue weighted by Crippen LogP contribution is -2.42. The third kappa shape index (κ3) is 2.58. The Bertz CT molecular complexity index is 1000. The molecule has 2 aliphatic rings. The molecule has 0 bridgehead atoms. The minimum atomic E-state index is -0.984. The summed E-state index contributed by atoms with van der Waals surface area (Å²) in [7, 11) is 1.44. The average molecular weight is 367 g/mol. The van der Waals surface area contributed by atoms with Crippen LogP contribution in [0.25, 0.3) is 0 Å². The normalized spacial score (nSPS) is 18.6. The molecule has 2 aromatic rings. The molecule has 0 aliphatic carbocycles. The number of carbonyl (C=O) groups excluding carboxylic acids is 3. The summed E-state index contributed by atoms with van der Waals surface area (Å²) in [5, 5.41) is 0. The molecule has 0 saturated carbocycles. The van der Waals surface area contributed by atoms with Gasteiger partial charge in [0.2, 0.25) is 5.78 Å². The van der Waals surface area contributed by atoms with Gasteiger partial charge in [-0.05, 0) is 36.4 Å². The number of ketones is 1. The molecule has 0 unspecified atom stereocenters. The smallest absolute Gasteiger partial charge is 0.265 e. The lowest BCUT2D eigenvalue weighted by molar-refractivity contribution is -0.121. The number of para-hydroxylation sites is 2. The minimum absolute atomic E-state index is 0.0256. The summed E-state index contributed by atoms with van der Waals surface area (Å²) in [4.78, 5) is 39.5. The number of nitrogens with zero attached hydrogens (tertiary/aromatic N) is 1. The van der Waals surface area contributed by atoms with Crippen molar-refractivity contribution in [2.75, 3.05) is 12.0 Å². The van der Waals surface area contributed by atoms with Crippen LogP contribution in [0.2, 0.25) is 0 Å². The summed E-state index contributed by atoms with van der Waals surface area (Å²) in [6.45, 7) is 0. The number of allylic oxidation sites excluding steroid dienone is 1. The average Bonchev–Trinajstić information content (AvgIpc) is 3.22. The lowest BCUT2D eigenvalue weighted by Gasteiger charge is -2.18. The molecule has 4 rings (SSSR count). The van der Waals surface area contributed by atoms with Crippen LogP contribution >= 0.6 is 0 Å². The van der Waals surface area contributed by atoms with Crippen LogP contribution in [0, 0.1) is 5.82 Å². The number of fused-ring (bicyclic) bond motifs is 1. The monoisotopic (exact) mass is 367 g/mol. The molecule has 1 atom stereocenters. The molecule has 0 radical (unpaired) electrons. The van der Waals surface area contributed by atoms with Crippen LogP contribution in [0.1, 0.15) is 10.4 Å². The quantitative estimate of drug-likeness (QED) is 0.626. The van der Waals surface area contributed by atoms with Gasteiger partial charge in [0.1, 0.15) is 23.3 Å². The number of carbonyl (C=O) groups is 3. The highest BCUT2D eigenvalue weighted by Gasteiger charge is 2.50. The molecule has 2 N–H and O–H groups in total. The van der Waals surface area contributed by atoms with Crippen molar-refractivity contribution in [3.8, 4) is 5.75 Å². The predicted octanol–water partition coefficient (Wildman–Crippen LogP) is 1.32. The number of rotatable bonds is 4. The second-order valence-electron chi connectivity index (χ2n) is 5.98. The second kappa shape index (κ2) is 6.33. The van der Waals surface area contributed by atoms with E-state index in [0.717, 1.165) is 17.0 Å². The van der Waals surface area contributed by atoms with E-state index in [0.29, 0.717) is 11.4 Å². The van der Waals surface area contributed by atoms with E-state index in [1.807, 2.05) is 0 Å². The Morgan fingerprint density at radius 1 is 1.11 bits per heavy atom. The largest absolute Gasteiger partial charge is 0.495 e. The van der Waals surface area contributed by atoms with Gasteiger partial charge in [0.05, 0.1) is 18.4 Å². The molecule has 1 saturated heterocycles. The first-order valence-corrected chi connectivity index (χ1v) is 8.10. The van der Waals surface area contributed by atoms with E-state index >= 15 is 0 Å². The van der Waals surface area contributed by atoms with E-state index in [1.54, 1.807) is 24.3 Å². The van der Waals surface area contributed by atoms with Gasteiger partial charge in [-0.15, -0.1) is 0 Å². The summed E-state index contributed by atoms with van der Waals surface area (Å²) >= 11 is 0. The highest BCUT2D eigenvalue weighted by atomic mass is 19.1. The number of benzene rings is 2. The van der Waals surface area contributed by atoms with Gasteiger partial charge in [-0.25, -0.2) is 14.7 Å². The highest BCUT2D eigenvalue weighted by molar-refractivity contribution is 6.34. The summed E-state index contributed by atoms with van der Waals surface area (Å²) in [5.41, 5.74) is 5.80. The van der Waals surface area contributed by atoms with Crippen LogP contribution in [0.15, 0.2) is 59.8 Å². The molecule has 2 amide bonds. The van der Waals surface area contributed by atoms with Crippen LogP contribution in [-0.2, 0) is 9.59 Å². The molecule has 8 heteroatoms. The van der Waals surface area contributed by atoms with Crippen LogP contribution in [0.4, 0.5) is 10.1 Å². The van der Waals surface area contributed by atoms with Crippen molar-refractivity contribution in [1.82, 2.24) is 10.9 Å². The van der Waals surface area contributed by atoms with Crippen LogP contribution in [0.3, 0.4) is 0 Å². The maximum absolute atomic E-state index is 13.1. The van der Waals surface area contributed by atoms with Crippen molar-refractivity contribution in [1.29, 1.82) is 0 Å². The molecule has 0 aromatic heterocycles. The zero-order valence-electron chi connectivity index (χ0n) is 14.2. The fourth-order valence-electron chi connectivity index (χ4n) is 3.16. The maximum atomic E-state index is 13.1. The predicted molar refractivity (Wildman–Crippen MR) is 93.3 cm³/mol. The zero-order valence-corrected chi connectivity index (χ0v) is 14.2. The van der Waals surface area contributed by atoms with Gasteiger partial charge in [-0.1, -0.05) is 12.1 Å². The molecule has 27 heavy (non-hydrogen) atoms. The van der Waals surface area contributed by atoms with Gasteiger partial charge in [0.15, 0.2) is 0 Å². The van der Waals surface area contributed by atoms with Gasteiger partial charge in [0.25, 0.3) is 11.8 Å². The molecule has 2 heterocycles. The standard InChI is InChI=1S/C19H14FN3O4/c1-27-13-5-3-2-4-12(13)23-18(25)14-15(21-22-16(14)19(23)26)17(24)10-6-8-11(20)9-7-10/h2-9,16,21-22H,1H3/t16-/m0/s1. The number of methoxy groups -OCH3 is 1. The van der Waals surface area contributed by atoms with Crippen molar-refractivity contribution in [2.45, 2.75) is 6.04 Å². The zero-order chi connectivity index (χ0) is 19.1. The summed E-state index contributed by atoms with van der Waals surface area (Å²) in [5.74, 6) is -1.76. The Morgan fingerprint density at radius 2 is 1.81 bits per heavy atom. The van der Waals surface area contributed by atoms with E-state index in [2.05, 4.69) is 10.9 Å². The molecular weight excluding hydrogens is 353 g/mol. The minimum Gasteiger partial charge on any atom is -0.495 e. The number of hydrogen-bond acceptors (Lipinski definition) is 6. The number of nitrogens with one attached hydrogen (secondary N) is 2. The Labute approximate surface area is 153 Å². The first-order valence-electron chi connectivity index (χ1n) is 8.10. The van der Waals surface area contributed by atoms with Crippen molar-refractivity contribution in [3.05, 3.63) is 71.2 Å². The number of anilines is 1. The van der Waals surface area contributed by atoms with E-state index < -0.39 is 29.5 Å². The number of ether oxygens (including phenoxy) is 1. The molecule has 7 nitrogen and oxygen atoms in total. The Morgan fingerprint density at radius 3 is 2.52 bits per heavy atom. The Hall–Kier alpha value is -3.52. The number of amides is 2. The number of halogens is 1. The highest BCUT2D eigenvalue weighted by Crippen LogP contribution is 2.35. The molecule has 2 aliphatic heterocycles. The molecule has 2 aromatic carbocycles. The van der Waals surface area contributed by atoms with Gasteiger partial charge >= 0.3 is 0 Å². The van der Waals surface area contributed by atoms with Crippen molar-refractivity contribution >= 4 is 23.3 Å². The third-order valence-electron chi connectivity index (χ3n) is 4.46. The number of hydrazine groups is 1. The van der Waals surface area contributed by atoms with Crippen LogP contribution in [-0.4, -0.2) is 30.7 Å². The molecule has 1 fully saturated rings. The lowest BCUT2D eigenvalue weighted by atomic mass is 10.0. The van der Waals surface area contributed by atoms with Crippen molar-refractivity contribution in [2.24, 2.45) is 0 Å². The fraction of sp³-hybridized carbons (Fsp3) is 0.105.